The van der Waals surface area contributed by atoms with Crippen LogP contribution in [0.2, 0.25) is 0 Å². The molecule has 0 fully saturated rings. The number of rotatable bonds is 8. The molecule has 19 heavy (non-hydrogen) atoms. The minimum absolute atomic E-state index is 0.230. The van der Waals surface area contributed by atoms with Gasteiger partial charge in [0.05, 0.1) is 18.3 Å². The first-order valence-corrected chi connectivity index (χ1v) is 8.74. The quantitative estimate of drug-likeness (QED) is 0.348. The van der Waals surface area contributed by atoms with Gasteiger partial charge in [0.1, 0.15) is 0 Å². The van der Waals surface area contributed by atoms with Gasteiger partial charge in [-0.05, 0) is 31.9 Å². The van der Waals surface area contributed by atoms with Gasteiger partial charge in [-0.25, -0.2) is 0 Å². The Hall–Kier alpha value is 0.600. The average molecular weight is 438 g/mol. The third kappa shape index (κ3) is 7.24. The van der Waals surface area contributed by atoms with Crippen LogP contribution in [0.1, 0.15) is 26.7 Å². The molecule has 4 nitrogen and oxygen atoms in total. The molecule has 0 radical (unpaired) electrons. The number of hydrogen-bond acceptors (Lipinski definition) is 6. The Labute approximate surface area is 141 Å². The van der Waals surface area contributed by atoms with Gasteiger partial charge in [-0.3, -0.25) is 9.59 Å². The maximum atomic E-state index is 11.4. The molecule has 0 saturated heterocycles. The van der Waals surface area contributed by atoms with E-state index in [1.165, 1.54) is 0 Å². The highest BCUT2D eigenvalue weighted by Crippen LogP contribution is 2.37. The molecule has 8 heteroatoms. The molecule has 0 aromatic heterocycles. The normalized spacial score (nSPS) is 14.6. The Morgan fingerprint density at radius 1 is 1.00 bits per heavy atom. The second-order valence-corrected chi connectivity index (χ2v) is 6.94. The summed E-state index contributed by atoms with van der Waals surface area (Å²) in [6.07, 6.45) is 0.460. The summed E-state index contributed by atoms with van der Waals surface area (Å²) >= 11 is 14.5. The van der Waals surface area contributed by atoms with Gasteiger partial charge in [0, 0.05) is 11.5 Å². The molecular formula is C11H18Br2O4S2. The molecule has 0 aromatic carbocycles. The molecular weight excluding hydrogens is 420 g/mol. The molecule has 0 N–H and O–H groups in total. The Morgan fingerprint density at radius 2 is 1.32 bits per heavy atom. The van der Waals surface area contributed by atoms with Crippen LogP contribution < -0.4 is 0 Å². The van der Waals surface area contributed by atoms with E-state index in [1.54, 1.807) is 0 Å². The average Bonchev–Trinajstić information content (AvgIpc) is 2.29. The number of carbonyl (C=O) groups is 2. The Balaban J connectivity index is 4.48. The van der Waals surface area contributed by atoms with Crippen molar-refractivity contribution in [3.8, 4) is 0 Å². The van der Waals surface area contributed by atoms with Crippen molar-refractivity contribution in [1.82, 2.24) is 0 Å². The molecule has 0 bridgehead atoms. The minimum Gasteiger partial charge on any atom is -0.450 e. The maximum Gasteiger partial charge on any atom is 0.307 e. The molecule has 0 amide bonds. The van der Waals surface area contributed by atoms with E-state index in [4.69, 9.17) is 9.47 Å². The first kappa shape index (κ1) is 19.6. The van der Waals surface area contributed by atoms with Crippen LogP contribution in [0.4, 0.5) is 0 Å². The summed E-state index contributed by atoms with van der Waals surface area (Å²) in [6.45, 7) is 3.63. The summed E-state index contributed by atoms with van der Waals surface area (Å²) < 4.78 is 10.4. The van der Waals surface area contributed by atoms with Crippen molar-refractivity contribution in [3.63, 3.8) is 0 Å². The van der Waals surface area contributed by atoms with Crippen LogP contribution in [-0.2, 0) is 19.1 Å². The van der Waals surface area contributed by atoms with Crippen LogP contribution in [0.3, 0.4) is 0 Å². The molecule has 0 heterocycles. The number of thiol groups is 2. The van der Waals surface area contributed by atoms with E-state index in [1.807, 2.05) is 13.8 Å². The van der Waals surface area contributed by atoms with Gasteiger partial charge in [-0.2, -0.15) is 25.3 Å². The third-order valence-corrected chi connectivity index (χ3v) is 5.45. The smallest absolute Gasteiger partial charge is 0.307 e. The van der Waals surface area contributed by atoms with Gasteiger partial charge in [0.15, 0.2) is 10.0 Å². The Kier molecular flexibility index (Phi) is 9.82. The largest absolute Gasteiger partial charge is 0.450 e. The highest BCUT2D eigenvalue weighted by Gasteiger charge is 2.39. The monoisotopic (exact) mass is 436 g/mol. The van der Waals surface area contributed by atoms with Crippen LogP contribution in [0.25, 0.3) is 0 Å². The zero-order chi connectivity index (χ0) is 15.1. The number of ether oxygens (including phenoxy) is 2. The Bertz CT molecular complexity index is 285. The van der Waals surface area contributed by atoms with E-state index in [-0.39, 0.29) is 24.8 Å². The van der Waals surface area contributed by atoms with E-state index < -0.39 is 15.4 Å². The molecule has 0 rings (SSSR count). The van der Waals surface area contributed by atoms with Crippen molar-refractivity contribution < 1.29 is 19.1 Å². The molecule has 0 aromatic rings. The van der Waals surface area contributed by atoms with E-state index in [0.717, 1.165) is 0 Å². The van der Waals surface area contributed by atoms with Crippen molar-refractivity contribution >= 4 is 69.1 Å². The molecule has 2 atom stereocenters. The van der Waals surface area contributed by atoms with E-state index in [2.05, 4.69) is 57.1 Å². The number of esters is 2. The number of alkyl halides is 2. The summed E-state index contributed by atoms with van der Waals surface area (Å²) in [6, 6.07) is 0. The topological polar surface area (TPSA) is 52.6 Å². The zero-order valence-electron chi connectivity index (χ0n) is 10.8. The first-order valence-electron chi connectivity index (χ1n) is 5.64. The summed E-state index contributed by atoms with van der Waals surface area (Å²) in [4.78, 5) is 22.8. The zero-order valence-corrected chi connectivity index (χ0v) is 15.7. The van der Waals surface area contributed by atoms with Gasteiger partial charge < -0.3 is 9.47 Å². The first-order chi connectivity index (χ1) is 8.75. The summed E-state index contributed by atoms with van der Waals surface area (Å²) in [5.74, 6) is 0.138. The fourth-order valence-corrected chi connectivity index (χ4v) is 2.55. The third-order valence-electron chi connectivity index (χ3n) is 2.27. The minimum atomic E-state index is -0.626. The lowest BCUT2D eigenvalue weighted by atomic mass is 9.96. The van der Waals surface area contributed by atoms with Crippen molar-refractivity contribution in [2.45, 2.75) is 36.7 Å². The lowest BCUT2D eigenvalue weighted by Gasteiger charge is -2.33. The van der Waals surface area contributed by atoms with Gasteiger partial charge in [0.25, 0.3) is 0 Å². The fourth-order valence-electron chi connectivity index (χ4n) is 0.938. The molecule has 112 valence electrons. The van der Waals surface area contributed by atoms with Crippen LogP contribution in [0.5, 0.6) is 0 Å². The lowest BCUT2D eigenvalue weighted by Crippen LogP contribution is -2.39. The summed E-state index contributed by atoms with van der Waals surface area (Å²) in [5.41, 5.74) is -0.626. The molecule has 0 saturated carbocycles. The summed E-state index contributed by atoms with van der Waals surface area (Å²) in [5, 5.41) is -1.17. The van der Waals surface area contributed by atoms with Crippen LogP contribution in [0, 0.1) is 5.41 Å². The standard InChI is InChI=1S/C11H18Br2O4S2/c1-11(2,9(12)16-7(14)3-5-18)10(13)17-8(15)4-6-19/h9-10,18-19H,3-6H2,1-2H3. The maximum absolute atomic E-state index is 11.4. The second-order valence-electron chi connectivity index (χ2n) is 4.38. The number of carbonyl (C=O) groups excluding carboxylic acids is 2. The highest BCUT2D eigenvalue weighted by atomic mass is 79.9. The van der Waals surface area contributed by atoms with Crippen LogP contribution in [-0.4, -0.2) is 33.5 Å². The lowest BCUT2D eigenvalue weighted by molar-refractivity contribution is -0.155. The van der Waals surface area contributed by atoms with E-state index in [0.29, 0.717) is 11.5 Å². The fraction of sp³-hybridized carbons (Fsp3) is 0.818. The summed E-state index contributed by atoms with van der Waals surface area (Å²) in [7, 11) is 0. The molecule has 0 aliphatic heterocycles. The second kappa shape index (κ2) is 9.52. The van der Waals surface area contributed by atoms with Gasteiger partial charge in [0.2, 0.25) is 0 Å². The van der Waals surface area contributed by atoms with Crippen molar-refractivity contribution in [2.75, 3.05) is 11.5 Å². The van der Waals surface area contributed by atoms with Crippen LogP contribution >= 0.6 is 57.1 Å². The van der Waals surface area contributed by atoms with Gasteiger partial charge in [-0.15, -0.1) is 0 Å². The van der Waals surface area contributed by atoms with Gasteiger partial charge in [-0.1, -0.05) is 13.8 Å². The molecule has 2 unspecified atom stereocenters. The van der Waals surface area contributed by atoms with Gasteiger partial charge >= 0.3 is 11.9 Å². The molecule has 0 aliphatic rings. The SMILES string of the molecule is CC(C)(C(Br)OC(=O)CCS)C(Br)OC(=O)CCS. The molecule has 0 spiro atoms. The predicted octanol–water partition coefficient (Wildman–Crippen LogP) is 3.18. The highest BCUT2D eigenvalue weighted by molar-refractivity contribution is 9.10. The van der Waals surface area contributed by atoms with E-state index >= 15 is 0 Å². The number of halogens is 2. The van der Waals surface area contributed by atoms with Crippen molar-refractivity contribution in [1.29, 1.82) is 0 Å². The Morgan fingerprint density at radius 3 is 1.58 bits per heavy atom. The number of hydrogen-bond donors (Lipinski definition) is 2. The van der Waals surface area contributed by atoms with Crippen molar-refractivity contribution in [3.05, 3.63) is 0 Å². The van der Waals surface area contributed by atoms with E-state index in [9.17, 15) is 9.59 Å². The molecule has 0 aliphatic carbocycles. The van der Waals surface area contributed by atoms with Crippen molar-refractivity contribution in [2.24, 2.45) is 5.41 Å². The predicted molar refractivity (Wildman–Crippen MR) is 88.3 cm³/mol. The van der Waals surface area contributed by atoms with Crippen LogP contribution in [0.15, 0.2) is 0 Å².